The van der Waals surface area contributed by atoms with Gasteiger partial charge in [0.05, 0.1) is 11.8 Å². The summed E-state index contributed by atoms with van der Waals surface area (Å²) in [6.07, 6.45) is 8.71. The van der Waals surface area contributed by atoms with Gasteiger partial charge in [-0.3, -0.25) is 4.98 Å². The standard InChI is InChI=1S/C11H9N5/c12-10-2-4-13-6-8(10)9-7-15-16-5-1-3-14-11(9)16/h1-7H,(H2,12,13). The van der Waals surface area contributed by atoms with Gasteiger partial charge in [0, 0.05) is 36.0 Å². The van der Waals surface area contributed by atoms with Crippen molar-refractivity contribution in [2.24, 2.45) is 0 Å². The van der Waals surface area contributed by atoms with Crippen molar-refractivity contribution >= 4 is 11.3 Å². The number of pyridine rings is 1. The monoisotopic (exact) mass is 211 g/mol. The van der Waals surface area contributed by atoms with Gasteiger partial charge in [0.1, 0.15) is 0 Å². The first kappa shape index (κ1) is 8.84. The highest BCUT2D eigenvalue weighted by molar-refractivity contribution is 5.83. The van der Waals surface area contributed by atoms with E-state index in [4.69, 9.17) is 5.73 Å². The summed E-state index contributed by atoms with van der Waals surface area (Å²) >= 11 is 0. The minimum Gasteiger partial charge on any atom is -0.398 e. The minimum atomic E-state index is 0.676. The number of fused-ring (bicyclic) bond motifs is 1. The van der Waals surface area contributed by atoms with Gasteiger partial charge in [0.15, 0.2) is 5.65 Å². The molecule has 0 aliphatic rings. The van der Waals surface area contributed by atoms with E-state index in [-0.39, 0.29) is 0 Å². The first-order chi connectivity index (χ1) is 7.86. The second-order valence-corrected chi connectivity index (χ2v) is 3.41. The first-order valence-electron chi connectivity index (χ1n) is 4.84. The van der Waals surface area contributed by atoms with Crippen LogP contribution < -0.4 is 5.73 Å². The third kappa shape index (κ3) is 1.22. The van der Waals surface area contributed by atoms with Gasteiger partial charge in [-0.25, -0.2) is 9.50 Å². The van der Waals surface area contributed by atoms with Crippen molar-refractivity contribution in [1.82, 2.24) is 19.6 Å². The summed E-state index contributed by atoms with van der Waals surface area (Å²) < 4.78 is 1.71. The van der Waals surface area contributed by atoms with Crippen molar-refractivity contribution in [2.75, 3.05) is 5.73 Å². The normalized spacial score (nSPS) is 10.8. The molecular weight excluding hydrogens is 202 g/mol. The lowest BCUT2D eigenvalue weighted by atomic mass is 10.1. The molecule has 0 bridgehead atoms. The first-order valence-corrected chi connectivity index (χ1v) is 4.84. The smallest absolute Gasteiger partial charge is 0.162 e. The van der Waals surface area contributed by atoms with Gasteiger partial charge in [0.2, 0.25) is 0 Å². The summed E-state index contributed by atoms with van der Waals surface area (Å²) in [6, 6.07) is 3.60. The van der Waals surface area contributed by atoms with Gasteiger partial charge in [-0.15, -0.1) is 0 Å². The summed E-state index contributed by atoms with van der Waals surface area (Å²) in [5, 5.41) is 4.21. The average molecular weight is 211 g/mol. The zero-order valence-electron chi connectivity index (χ0n) is 8.41. The predicted molar refractivity (Wildman–Crippen MR) is 60.6 cm³/mol. The molecule has 0 atom stereocenters. The van der Waals surface area contributed by atoms with Crippen LogP contribution in [0.2, 0.25) is 0 Å². The van der Waals surface area contributed by atoms with Gasteiger partial charge in [0.25, 0.3) is 0 Å². The molecule has 0 aliphatic heterocycles. The fourth-order valence-electron chi connectivity index (χ4n) is 1.65. The number of nitrogens with two attached hydrogens (primary N) is 1. The lowest BCUT2D eigenvalue weighted by Crippen LogP contribution is -1.92. The molecule has 16 heavy (non-hydrogen) atoms. The maximum absolute atomic E-state index is 5.90. The quantitative estimate of drug-likeness (QED) is 0.660. The van der Waals surface area contributed by atoms with E-state index < -0.39 is 0 Å². The Morgan fingerprint density at radius 3 is 2.94 bits per heavy atom. The van der Waals surface area contributed by atoms with Crippen molar-refractivity contribution in [1.29, 1.82) is 0 Å². The van der Waals surface area contributed by atoms with Gasteiger partial charge in [-0.05, 0) is 12.1 Å². The molecule has 3 rings (SSSR count). The molecule has 0 aromatic carbocycles. The molecule has 3 aromatic rings. The van der Waals surface area contributed by atoms with Crippen molar-refractivity contribution in [3.63, 3.8) is 0 Å². The molecule has 0 radical (unpaired) electrons. The zero-order valence-corrected chi connectivity index (χ0v) is 8.41. The lowest BCUT2D eigenvalue weighted by Gasteiger charge is -2.01. The zero-order chi connectivity index (χ0) is 11.0. The molecule has 78 valence electrons. The molecular formula is C11H9N5. The van der Waals surface area contributed by atoms with Crippen LogP contribution in [0, 0.1) is 0 Å². The predicted octanol–water partition coefficient (Wildman–Crippen LogP) is 1.37. The largest absolute Gasteiger partial charge is 0.398 e. The molecule has 0 amide bonds. The van der Waals surface area contributed by atoms with Crippen LogP contribution in [0.25, 0.3) is 16.8 Å². The van der Waals surface area contributed by atoms with E-state index >= 15 is 0 Å². The van der Waals surface area contributed by atoms with E-state index in [9.17, 15) is 0 Å². The molecule has 0 spiro atoms. The molecule has 5 heteroatoms. The molecule has 3 heterocycles. The van der Waals surface area contributed by atoms with E-state index in [0.717, 1.165) is 16.8 Å². The summed E-state index contributed by atoms with van der Waals surface area (Å²) in [5.74, 6) is 0. The molecule has 0 saturated carbocycles. The highest BCUT2D eigenvalue weighted by Gasteiger charge is 2.09. The Labute approximate surface area is 91.6 Å². The second-order valence-electron chi connectivity index (χ2n) is 3.41. The molecule has 0 saturated heterocycles. The summed E-state index contributed by atoms with van der Waals surface area (Å²) in [7, 11) is 0. The fourth-order valence-corrected chi connectivity index (χ4v) is 1.65. The van der Waals surface area contributed by atoms with Crippen molar-refractivity contribution in [3.05, 3.63) is 43.1 Å². The second kappa shape index (κ2) is 3.30. The van der Waals surface area contributed by atoms with Crippen LogP contribution in [-0.2, 0) is 0 Å². The van der Waals surface area contributed by atoms with E-state index in [2.05, 4.69) is 15.1 Å². The Balaban J connectivity index is 2.31. The van der Waals surface area contributed by atoms with Crippen LogP contribution in [-0.4, -0.2) is 19.6 Å². The van der Waals surface area contributed by atoms with E-state index in [0.29, 0.717) is 5.69 Å². The number of rotatable bonds is 1. The molecule has 0 fully saturated rings. The maximum atomic E-state index is 5.90. The number of hydrogen-bond donors (Lipinski definition) is 1. The molecule has 5 nitrogen and oxygen atoms in total. The topological polar surface area (TPSA) is 69.1 Å². The molecule has 0 unspecified atom stereocenters. The summed E-state index contributed by atoms with van der Waals surface area (Å²) in [4.78, 5) is 8.34. The summed E-state index contributed by atoms with van der Waals surface area (Å²) in [6.45, 7) is 0. The lowest BCUT2D eigenvalue weighted by molar-refractivity contribution is 0.939. The van der Waals surface area contributed by atoms with Gasteiger partial charge in [-0.1, -0.05) is 0 Å². The van der Waals surface area contributed by atoms with Crippen molar-refractivity contribution in [2.45, 2.75) is 0 Å². The number of hydrogen-bond acceptors (Lipinski definition) is 4. The van der Waals surface area contributed by atoms with E-state index in [1.54, 1.807) is 35.4 Å². The number of nitrogen functional groups attached to an aromatic ring is 1. The third-order valence-electron chi connectivity index (χ3n) is 2.42. The van der Waals surface area contributed by atoms with Crippen LogP contribution in [0.5, 0.6) is 0 Å². The minimum absolute atomic E-state index is 0.676. The van der Waals surface area contributed by atoms with Gasteiger partial charge < -0.3 is 5.73 Å². The number of nitrogens with zero attached hydrogens (tertiary/aromatic N) is 4. The van der Waals surface area contributed by atoms with Gasteiger partial charge in [-0.2, -0.15) is 5.10 Å². The molecule has 2 N–H and O–H groups in total. The summed E-state index contributed by atoms with van der Waals surface area (Å²) in [5.41, 5.74) is 9.11. The Kier molecular flexibility index (Phi) is 1.83. The Hall–Kier alpha value is -2.43. The highest BCUT2D eigenvalue weighted by Crippen LogP contribution is 2.26. The van der Waals surface area contributed by atoms with Crippen LogP contribution in [0.1, 0.15) is 0 Å². The highest BCUT2D eigenvalue weighted by atomic mass is 15.2. The van der Waals surface area contributed by atoms with Gasteiger partial charge >= 0.3 is 0 Å². The van der Waals surface area contributed by atoms with Crippen molar-refractivity contribution < 1.29 is 0 Å². The SMILES string of the molecule is Nc1ccncc1-c1cnn2cccnc12. The molecule has 3 aromatic heterocycles. The third-order valence-corrected chi connectivity index (χ3v) is 2.42. The Morgan fingerprint density at radius 2 is 2.06 bits per heavy atom. The average Bonchev–Trinajstić information content (AvgIpc) is 2.74. The Morgan fingerprint density at radius 1 is 1.12 bits per heavy atom. The number of aromatic nitrogens is 4. The van der Waals surface area contributed by atoms with Crippen LogP contribution >= 0.6 is 0 Å². The maximum Gasteiger partial charge on any atom is 0.162 e. The van der Waals surface area contributed by atoms with Crippen LogP contribution in [0.3, 0.4) is 0 Å². The Bertz CT molecular complexity index is 643. The van der Waals surface area contributed by atoms with Crippen LogP contribution in [0.15, 0.2) is 43.1 Å². The fraction of sp³-hybridized carbons (Fsp3) is 0. The molecule has 0 aliphatic carbocycles. The van der Waals surface area contributed by atoms with E-state index in [1.165, 1.54) is 0 Å². The van der Waals surface area contributed by atoms with Crippen LogP contribution in [0.4, 0.5) is 5.69 Å². The van der Waals surface area contributed by atoms with E-state index in [1.807, 2.05) is 12.3 Å². The number of anilines is 1. The van der Waals surface area contributed by atoms with Crippen molar-refractivity contribution in [3.8, 4) is 11.1 Å².